The minimum absolute atomic E-state index is 0.0135. The summed E-state index contributed by atoms with van der Waals surface area (Å²) in [7, 11) is 3.20. The number of hydrogen-bond donors (Lipinski definition) is 1. The van der Waals surface area contributed by atoms with Gasteiger partial charge >= 0.3 is 0 Å². The molecule has 28 heavy (non-hydrogen) atoms. The fourth-order valence-corrected chi connectivity index (χ4v) is 3.58. The van der Waals surface area contributed by atoms with Crippen LogP contribution in [0.25, 0.3) is 0 Å². The zero-order chi connectivity index (χ0) is 19.9. The van der Waals surface area contributed by atoms with E-state index in [2.05, 4.69) is 16.9 Å². The number of amides is 1. The average molecular weight is 387 g/mol. The molecular weight excluding hydrogens is 358 g/mol. The molecule has 0 radical (unpaired) electrons. The number of nitrogens with one attached hydrogen (secondary N) is 1. The van der Waals surface area contributed by atoms with E-state index in [1.54, 1.807) is 14.2 Å². The van der Waals surface area contributed by atoms with Gasteiger partial charge in [0, 0.05) is 49.2 Å². The molecule has 152 valence electrons. The molecule has 1 aliphatic heterocycles. The van der Waals surface area contributed by atoms with Crippen LogP contribution >= 0.6 is 0 Å². The molecule has 2 aromatic rings. The third-order valence-electron chi connectivity index (χ3n) is 4.96. The molecule has 0 unspecified atom stereocenters. The largest absolute Gasteiger partial charge is 0.493 e. The normalized spacial score (nSPS) is 13.1. The van der Waals surface area contributed by atoms with E-state index in [9.17, 15) is 4.79 Å². The second-order valence-corrected chi connectivity index (χ2v) is 6.83. The van der Waals surface area contributed by atoms with Gasteiger partial charge in [-0.3, -0.25) is 9.48 Å². The Kier molecular flexibility index (Phi) is 6.92. The number of carbonyl (C=O) groups excluding carboxylic acids is 1. The molecule has 1 amide bonds. The number of fused-ring (bicyclic) bond motifs is 1. The zero-order valence-electron chi connectivity index (χ0n) is 16.9. The van der Waals surface area contributed by atoms with Crippen molar-refractivity contribution < 1.29 is 19.0 Å². The molecule has 0 saturated carbocycles. The van der Waals surface area contributed by atoms with Gasteiger partial charge in [-0.2, -0.15) is 5.10 Å². The lowest BCUT2D eigenvalue weighted by Gasteiger charge is -2.15. The first-order valence-corrected chi connectivity index (χ1v) is 9.79. The summed E-state index contributed by atoms with van der Waals surface area (Å²) in [5, 5.41) is 7.71. The molecular formula is C21H29N3O4. The Morgan fingerprint density at radius 1 is 1.32 bits per heavy atom. The van der Waals surface area contributed by atoms with E-state index >= 15 is 0 Å². The van der Waals surface area contributed by atoms with Crippen molar-refractivity contribution in [1.82, 2.24) is 15.1 Å². The number of aromatic nitrogens is 2. The lowest BCUT2D eigenvalue weighted by Crippen LogP contribution is -2.23. The highest BCUT2D eigenvalue weighted by Crippen LogP contribution is 2.30. The summed E-state index contributed by atoms with van der Waals surface area (Å²) >= 11 is 0. The minimum Gasteiger partial charge on any atom is -0.493 e. The Bertz CT molecular complexity index is 816. The lowest BCUT2D eigenvalue weighted by molar-refractivity contribution is -0.121. The second-order valence-electron chi connectivity index (χ2n) is 6.83. The Morgan fingerprint density at radius 3 is 2.93 bits per heavy atom. The van der Waals surface area contributed by atoms with Crippen molar-refractivity contribution in [2.75, 3.05) is 20.8 Å². The maximum atomic E-state index is 12.4. The Balaban J connectivity index is 1.60. The molecule has 2 heterocycles. The first kappa shape index (κ1) is 20.2. The van der Waals surface area contributed by atoms with Crippen molar-refractivity contribution in [2.45, 2.75) is 52.3 Å². The molecule has 7 heteroatoms. The van der Waals surface area contributed by atoms with Gasteiger partial charge in [0.2, 0.25) is 5.91 Å². The van der Waals surface area contributed by atoms with E-state index in [4.69, 9.17) is 19.3 Å². The highest BCUT2D eigenvalue weighted by Gasteiger charge is 2.21. The van der Waals surface area contributed by atoms with Crippen LogP contribution < -0.4 is 14.8 Å². The van der Waals surface area contributed by atoms with Crippen molar-refractivity contribution in [3.8, 4) is 11.5 Å². The molecule has 0 bridgehead atoms. The van der Waals surface area contributed by atoms with Gasteiger partial charge in [0.05, 0.1) is 33.1 Å². The van der Waals surface area contributed by atoms with E-state index in [-0.39, 0.29) is 5.91 Å². The number of rotatable bonds is 9. The standard InChI is InChI=1S/C21H29N3O4/c1-4-11-24-18-10-12-28-14-16(18)17(23-24)8-9-20(25)22-13-15-6-5-7-19(26-2)21(15)27-3/h5-7H,4,8-14H2,1-3H3,(H,22,25). The summed E-state index contributed by atoms with van der Waals surface area (Å²) in [6, 6.07) is 5.64. The van der Waals surface area contributed by atoms with Crippen LogP contribution in [0.1, 0.15) is 42.3 Å². The number of hydrogen-bond acceptors (Lipinski definition) is 5. The van der Waals surface area contributed by atoms with Crippen LogP contribution in [-0.2, 0) is 42.1 Å². The smallest absolute Gasteiger partial charge is 0.220 e. The third kappa shape index (κ3) is 4.47. The third-order valence-corrected chi connectivity index (χ3v) is 4.96. The van der Waals surface area contributed by atoms with Gasteiger partial charge < -0.3 is 19.5 Å². The van der Waals surface area contributed by atoms with E-state index in [1.165, 1.54) is 11.3 Å². The summed E-state index contributed by atoms with van der Waals surface area (Å²) in [4.78, 5) is 12.4. The number of para-hydroxylation sites is 1. The highest BCUT2D eigenvalue weighted by molar-refractivity contribution is 5.76. The molecule has 7 nitrogen and oxygen atoms in total. The predicted octanol–water partition coefficient (Wildman–Crippen LogP) is 2.63. The predicted molar refractivity (Wildman–Crippen MR) is 106 cm³/mol. The number of carbonyl (C=O) groups is 1. The Morgan fingerprint density at radius 2 is 2.18 bits per heavy atom. The van der Waals surface area contributed by atoms with Crippen LogP contribution in [0, 0.1) is 0 Å². The Labute approximate surface area is 166 Å². The van der Waals surface area contributed by atoms with Crippen LogP contribution in [-0.4, -0.2) is 36.5 Å². The monoisotopic (exact) mass is 387 g/mol. The molecule has 0 spiro atoms. The van der Waals surface area contributed by atoms with Gasteiger partial charge in [0.15, 0.2) is 11.5 Å². The number of ether oxygens (including phenoxy) is 3. The maximum Gasteiger partial charge on any atom is 0.220 e. The van der Waals surface area contributed by atoms with Crippen molar-refractivity contribution in [3.05, 3.63) is 40.7 Å². The summed E-state index contributed by atoms with van der Waals surface area (Å²) in [6.45, 7) is 4.78. The first-order valence-electron chi connectivity index (χ1n) is 9.79. The van der Waals surface area contributed by atoms with Gasteiger partial charge in [0.25, 0.3) is 0 Å². The van der Waals surface area contributed by atoms with E-state index < -0.39 is 0 Å². The molecule has 0 aliphatic carbocycles. The first-order chi connectivity index (χ1) is 13.7. The van der Waals surface area contributed by atoms with Crippen LogP contribution in [0.4, 0.5) is 0 Å². The highest BCUT2D eigenvalue weighted by atomic mass is 16.5. The lowest BCUT2D eigenvalue weighted by atomic mass is 10.1. The molecule has 1 N–H and O–H groups in total. The zero-order valence-corrected chi connectivity index (χ0v) is 16.9. The van der Waals surface area contributed by atoms with Crippen molar-refractivity contribution >= 4 is 5.91 Å². The van der Waals surface area contributed by atoms with E-state index in [0.29, 0.717) is 37.5 Å². The summed E-state index contributed by atoms with van der Waals surface area (Å²) in [6.07, 6.45) is 2.94. The van der Waals surface area contributed by atoms with Crippen molar-refractivity contribution in [1.29, 1.82) is 0 Å². The van der Waals surface area contributed by atoms with Crippen LogP contribution in [0.3, 0.4) is 0 Å². The fourth-order valence-electron chi connectivity index (χ4n) is 3.58. The summed E-state index contributed by atoms with van der Waals surface area (Å²) in [5.41, 5.74) is 4.30. The SMILES string of the molecule is CCCn1nc(CCC(=O)NCc2cccc(OC)c2OC)c2c1CCOC2. The molecule has 0 saturated heterocycles. The second kappa shape index (κ2) is 9.59. The van der Waals surface area contributed by atoms with E-state index in [1.807, 2.05) is 18.2 Å². The number of nitrogens with zero attached hydrogens (tertiary/aromatic N) is 2. The quantitative estimate of drug-likeness (QED) is 0.716. The summed E-state index contributed by atoms with van der Waals surface area (Å²) in [5.74, 6) is 1.29. The molecule has 0 fully saturated rings. The molecule has 1 aliphatic rings. The fraction of sp³-hybridized carbons (Fsp3) is 0.524. The minimum atomic E-state index is -0.0135. The molecule has 1 aromatic heterocycles. The average Bonchev–Trinajstić information content (AvgIpc) is 3.08. The number of aryl methyl sites for hydroxylation is 2. The van der Waals surface area contributed by atoms with Gasteiger partial charge in [0.1, 0.15) is 0 Å². The number of methoxy groups -OCH3 is 2. The van der Waals surface area contributed by atoms with Gasteiger partial charge in [-0.05, 0) is 12.5 Å². The number of benzene rings is 1. The molecule has 3 rings (SSSR count). The van der Waals surface area contributed by atoms with Gasteiger partial charge in [-0.15, -0.1) is 0 Å². The molecule has 0 atom stereocenters. The topological polar surface area (TPSA) is 74.6 Å². The van der Waals surface area contributed by atoms with Crippen molar-refractivity contribution in [2.24, 2.45) is 0 Å². The van der Waals surface area contributed by atoms with Gasteiger partial charge in [-0.1, -0.05) is 19.1 Å². The van der Waals surface area contributed by atoms with Crippen molar-refractivity contribution in [3.63, 3.8) is 0 Å². The maximum absolute atomic E-state index is 12.4. The van der Waals surface area contributed by atoms with Crippen LogP contribution in [0.2, 0.25) is 0 Å². The Hall–Kier alpha value is -2.54. The molecule has 1 aromatic carbocycles. The van der Waals surface area contributed by atoms with Gasteiger partial charge in [-0.25, -0.2) is 0 Å². The van der Waals surface area contributed by atoms with Crippen LogP contribution in [0.5, 0.6) is 11.5 Å². The van der Waals surface area contributed by atoms with E-state index in [0.717, 1.165) is 37.3 Å². The summed E-state index contributed by atoms with van der Waals surface area (Å²) < 4.78 is 18.4. The van der Waals surface area contributed by atoms with Crippen LogP contribution in [0.15, 0.2) is 18.2 Å².